The molecule has 0 saturated carbocycles. The number of aromatic nitrogens is 1. The molecule has 1 heterocycles. The Morgan fingerprint density at radius 3 is 2.76 bits per heavy atom. The van der Waals surface area contributed by atoms with Gasteiger partial charge in [-0.15, -0.1) is 11.3 Å². The van der Waals surface area contributed by atoms with Gasteiger partial charge in [0.15, 0.2) is 0 Å². The molecule has 0 saturated heterocycles. The van der Waals surface area contributed by atoms with E-state index in [2.05, 4.69) is 22.9 Å². The van der Waals surface area contributed by atoms with Crippen LogP contribution in [0.5, 0.6) is 0 Å². The van der Waals surface area contributed by atoms with Crippen LogP contribution in [0.4, 0.5) is 0 Å². The van der Waals surface area contributed by atoms with E-state index in [4.69, 9.17) is 0 Å². The molecule has 0 fully saturated rings. The van der Waals surface area contributed by atoms with Crippen LogP contribution in [0.25, 0.3) is 10.2 Å². The Labute approximate surface area is 131 Å². The third kappa shape index (κ3) is 3.95. The fraction of sp³-hybridized carbons (Fsp3) is 0.357. The number of carboxylic acid groups (broad SMARTS) is 1. The van der Waals surface area contributed by atoms with Gasteiger partial charge in [-0.05, 0) is 12.1 Å². The minimum Gasteiger partial charge on any atom is -0.480 e. The van der Waals surface area contributed by atoms with Crippen molar-refractivity contribution in [2.45, 2.75) is 19.4 Å². The molecule has 7 heteroatoms. The molecule has 0 aliphatic rings. The summed E-state index contributed by atoms with van der Waals surface area (Å²) < 4.78 is 1.01. The first-order valence-corrected chi connectivity index (χ1v) is 7.94. The summed E-state index contributed by atoms with van der Waals surface area (Å²) >= 11 is 5.49. The van der Waals surface area contributed by atoms with E-state index in [1.165, 1.54) is 11.3 Å². The van der Waals surface area contributed by atoms with Crippen molar-refractivity contribution in [3.8, 4) is 0 Å². The van der Waals surface area contributed by atoms with Gasteiger partial charge in [0.05, 0.1) is 15.2 Å². The molecule has 0 unspecified atom stereocenters. The summed E-state index contributed by atoms with van der Waals surface area (Å²) in [6.07, 6.45) is 0.180. The predicted octanol–water partition coefficient (Wildman–Crippen LogP) is 1.97. The smallest absolute Gasteiger partial charge is 0.326 e. The maximum atomic E-state index is 11.8. The summed E-state index contributed by atoms with van der Waals surface area (Å²) in [5, 5.41) is 12.5. The van der Waals surface area contributed by atoms with Crippen molar-refractivity contribution in [3.63, 3.8) is 0 Å². The van der Waals surface area contributed by atoms with Gasteiger partial charge in [-0.25, -0.2) is 9.78 Å². The van der Waals surface area contributed by atoms with Gasteiger partial charge in [0.25, 0.3) is 0 Å². The van der Waals surface area contributed by atoms with Crippen molar-refractivity contribution in [1.82, 2.24) is 10.3 Å². The van der Waals surface area contributed by atoms with Crippen LogP contribution in [0.1, 0.15) is 11.9 Å². The highest BCUT2D eigenvalue weighted by molar-refractivity contribution is 7.80. The number of benzene rings is 1. The normalized spacial score (nSPS) is 13.8. The molecule has 2 aromatic rings. The van der Waals surface area contributed by atoms with E-state index in [1.54, 1.807) is 6.92 Å². The second-order valence-corrected chi connectivity index (χ2v) is 6.24. The third-order valence-corrected chi connectivity index (χ3v) is 4.66. The van der Waals surface area contributed by atoms with E-state index in [9.17, 15) is 14.7 Å². The lowest BCUT2D eigenvalue weighted by atomic mass is 10.1. The Morgan fingerprint density at radius 2 is 2.14 bits per heavy atom. The summed E-state index contributed by atoms with van der Waals surface area (Å²) in [4.78, 5) is 27.5. The van der Waals surface area contributed by atoms with Crippen LogP contribution in [0.15, 0.2) is 24.3 Å². The molecule has 2 rings (SSSR count). The molecular weight excluding hydrogens is 308 g/mol. The molecule has 1 aromatic carbocycles. The van der Waals surface area contributed by atoms with Crippen molar-refractivity contribution in [2.24, 2.45) is 5.92 Å². The van der Waals surface area contributed by atoms with E-state index in [0.29, 0.717) is 10.8 Å². The molecule has 21 heavy (non-hydrogen) atoms. The number of aliphatic carboxylic acids is 1. The SMILES string of the molecule is C[C@H](CS)C(=O)N[C@@H](Cc1nc2ccccc2s1)C(=O)O. The molecular formula is C14H16N2O3S2. The van der Waals surface area contributed by atoms with Crippen LogP contribution in [-0.4, -0.2) is 33.8 Å². The van der Waals surface area contributed by atoms with E-state index in [-0.39, 0.29) is 18.2 Å². The summed E-state index contributed by atoms with van der Waals surface area (Å²) in [5.74, 6) is -1.32. The van der Waals surface area contributed by atoms with Crippen LogP contribution in [0.2, 0.25) is 0 Å². The van der Waals surface area contributed by atoms with Gasteiger partial charge in [-0.1, -0.05) is 19.1 Å². The lowest BCUT2D eigenvalue weighted by molar-refractivity contribution is -0.142. The van der Waals surface area contributed by atoms with Crippen molar-refractivity contribution in [2.75, 3.05) is 5.75 Å². The number of rotatable bonds is 6. The lowest BCUT2D eigenvalue weighted by Gasteiger charge is -2.15. The van der Waals surface area contributed by atoms with Gasteiger partial charge < -0.3 is 10.4 Å². The average Bonchev–Trinajstić information content (AvgIpc) is 2.87. The summed E-state index contributed by atoms with van der Waals surface area (Å²) in [5.41, 5.74) is 0.844. The standard InChI is InChI=1S/C14H16N2O3S2/c1-8(7-20)13(17)16-10(14(18)19)6-12-15-9-4-2-3-5-11(9)21-12/h2-5,8,10,20H,6-7H2,1H3,(H,16,17)(H,18,19)/t8-,10+/m1/s1. The maximum absolute atomic E-state index is 11.8. The fourth-order valence-corrected chi connectivity index (χ4v) is 2.96. The zero-order valence-electron chi connectivity index (χ0n) is 11.4. The Hall–Kier alpha value is -1.60. The van der Waals surface area contributed by atoms with E-state index in [0.717, 1.165) is 10.2 Å². The fourth-order valence-electron chi connectivity index (χ4n) is 1.78. The summed E-state index contributed by atoms with van der Waals surface area (Å²) in [6, 6.07) is 6.65. The molecule has 112 valence electrons. The quantitative estimate of drug-likeness (QED) is 0.710. The molecule has 0 radical (unpaired) electrons. The molecule has 2 atom stereocenters. The Bertz CT molecular complexity index is 623. The Balaban J connectivity index is 2.12. The number of para-hydroxylation sites is 1. The lowest BCUT2D eigenvalue weighted by Crippen LogP contribution is -2.44. The van der Waals surface area contributed by atoms with Crippen LogP contribution in [0.3, 0.4) is 0 Å². The zero-order chi connectivity index (χ0) is 15.4. The highest BCUT2D eigenvalue weighted by atomic mass is 32.1. The number of thiazole rings is 1. The van der Waals surface area contributed by atoms with Crippen molar-refractivity contribution < 1.29 is 14.7 Å². The second kappa shape index (κ2) is 6.91. The number of carboxylic acids is 1. The first kappa shape index (κ1) is 15.8. The number of carbonyl (C=O) groups is 2. The highest BCUT2D eigenvalue weighted by Gasteiger charge is 2.24. The molecule has 0 spiro atoms. The van der Waals surface area contributed by atoms with Crippen LogP contribution in [-0.2, 0) is 16.0 Å². The minimum atomic E-state index is -1.06. The predicted molar refractivity (Wildman–Crippen MR) is 85.9 cm³/mol. The highest BCUT2D eigenvalue weighted by Crippen LogP contribution is 2.22. The van der Waals surface area contributed by atoms with E-state index < -0.39 is 12.0 Å². The van der Waals surface area contributed by atoms with Gasteiger partial charge in [0, 0.05) is 18.1 Å². The molecule has 2 N–H and O–H groups in total. The number of carbonyl (C=O) groups excluding carboxylic acids is 1. The van der Waals surface area contributed by atoms with Crippen LogP contribution in [0, 0.1) is 5.92 Å². The van der Waals surface area contributed by atoms with Gasteiger partial charge in [-0.3, -0.25) is 4.79 Å². The second-order valence-electron chi connectivity index (χ2n) is 4.76. The molecule has 1 amide bonds. The molecule has 0 aliphatic heterocycles. The minimum absolute atomic E-state index is 0.180. The zero-order valence-corrected chi connectivity index (χ0v) is 13.2. The number of hydrogen-bond donors (Lipinski definition) is 3. The first-order chi connectivity index (χ1) is 10.0. The van der Waals surface area contributed by atoms with Crippen LogP contribution < -0.4 is 5.32 Å². The van der Waals surface area contributed by atoms with Gasteiger partial charge in [-0.2, -0.15) is 12.6 Å². The Morgan fingerprint density at radius 1 is 1.43 bits per heavy atom. The van der Waals surface area contributed by atoms with E-state index in [1.807, 2.05) is 24.3 Å². The molecule has 5 nitrogen and oxygen atoms in total. The average molecular weight is 324 g/mol. The van der Waals surface area contributed by atoms with Crippen molar-refractivity contribution in [1.29, 1.82) is 0 Å². The van der Waals surface area contributed by atoms with Gasteiger partial charge in [0.2, 0.25) is 5.91 Å². The largest absolute Gasteiger partial charge is 0.480 e. The number of fused-ring (bicyclic) bond motifs is 1. The molecule has 0 aliphatic carbocycles. The number of amides is 1. The number of nitrogens with one attached hydrogen (secondary N) is 1. The summed E-state index contributed by atoms with van der Waals surface area (Å²) in [7, 11) is 0. The number of nitrogens with zero attached hydrogens (tertiary/aromatic N) is 1. The molecule has 1 aromatic heterocycles. The van der Waals surface area contributed by atoms with Crippen LogP contribution >= 0.6 is 24.0 Å². The first-order valence-electron chi connectivity index (χ1n) is 6.49. The van der Waals surface area contributed by atoms with Gasteiger partial charge >= 0.3 is 5.97 Å². The topological polar surface area (TPSA) is 79.3 Å². The molecule has 0 bridgehead atoms. The maximum Gasteiger partial charge on any atom is 0.326 e. The van der Waals surface area contributed by atoms with Gasteiger partial charge in [0.1, 0.15) is 6.04 Å². The van der Waals surface area contributed by atoms with E-state index >= 15 is 0 Å². The number of thiol groups is 1. The number of hydrogen-bond acceptors (Lipinski definition) is 5. The third-order valence-electron chi connectivity index (χ3n) is 3.05. The Kier molecular flexibility index (Phi) is 5.19. The summed E-state index contributed by atoms with van der Waals surface area (Å²) in [6.45, 7) is 1.71. The van der Waals surface area contributed by atoms with Crippen molar-refractivity contribution >= 4 is 46.1 Å². The monoisotopic (exact) mass is 324 g/mol. The van der Waals surface area contributed by atoms with Crippen molar-refractivity contribution in [3.05, 3.63) is 29.3 Å².